The first-order chi connectivity index (χ1) is 16.9. The topological polar surface area (TPSA) is 117 Å². The Morgan fingerprint density at radius 3 is 2.43 bits per heavy atom. The van der Waals surface area contributed by atoms with E-state index in [9.17, 15) is 13.2 Å². The lowest BCUT2D eigenvalue weighted by atomic mass is 10.0. The third-order valence-electron chi connectivity index (χ3n) is 6.12. The first kappa shape index (κ1) is 21.8. The number of imidazole rings is 1. The fraction of sp³-hybridized carbons (Fsp3) is 0.160. The lowest BCUT2D eigenvalue weighted by molar-refractivity contribution is -0.118. The van der Waals surface area contributed by atoms with E-state index in [0.29, 0.717) is 12.0 Å². The van der Waals surface area contributed by atoms with Gasteiger partial charge in [-0.3, -0.25) is 9.52 Å². The molecule has 0 aliphatic carbocycles. The summed E-state index contributed by atoms with van der Waals surface area (Å²) in [6.45, 7) is 0. The second-order valence-corrected chi connectivity index (χ2v) is 11.4. The number of hydrogen-bond acceptors (Lipinski definition) is 7. The van der Waals surface area contributed by atoms with Gasteiger partial charge in [0, 0.05) is 0 Å². The number of H-pyrrole nitrogens is 1. The summed E-state index contributed by atoms with van der Waals surface area (Å²) in [6.07, 6.45) is 0.549. The van der Waals surface area contributed by atoms with E-state index in [4.69, 9.17) is 9.97 Å². The molecule has 8 nitrogen and oxygen atoms in total. The van der Waals surface area contributed by atoms with Crippen LogP contribution in [0.25, 0.3) is 21.3 Å². The molecule has 1 fully saturated rings. The first-order valence-electron chi connectivity index (χ1n) is 11.1. The van der Waals surface area contributed by atoms with E-state index < -0.39 is 21.2 Å². The molecule has 35 heavy (non-hydrogen) atoms. The molecule has 1 saturated heterocycles. The van der Waals surface area contributed by atoms with E-state index >= 15 is 0 Å². The van der Waals surface area contributed by atoms with E-state index in [1.165, 1.54) is 0 Å². The highest BCUT2D eigenvalue weighted by atomic mass is 32.2. The highest BCUT2D eigenvalue weighted by Gasteiger charge is 2.37. The Morgan fingerprint density at radius 2 is 1.71 bits per heavy atom. The van der Waals surface area contributed by atoms with Gasteiger partial charge in [0.2, 0.25) is 15.9 Å². The van der Waals surface area contributed by atoms with Crippen molar-refractivity contribution in [2.75, 3.05) is 5.32 Å². The summed E-state index contributed by atoms with van der Waals surface area (Å²) < 4.78 is 27.6. The molecule has 1 aliphatic heterocycles. The van der Waals surface area contributed by atoms with Gasteiger partial charge in [0.1, 0.15) is 11.1 Å². The average Bonchev–Trinajstić information content (AvgIpc) is 3.52. The van der Waals surface area contributed by atoms with Gasteiger partial charge in [-0.25, -0.2) is 18.4 Å². The van der Waals surface area contributed by atoms with Crippen LogP contribution >= 0.6 is 11.3 Å². The lowest BCUT2D eigenvalue weighted by Gasteiger charge is -2.17. The minimum Gasteiger partial charge on any atom is -0.351 e. The van der Waals surface area contributed by atoms with Gasteiger partial charge >= 0.3 is 0 Å². The van der Waals surface area contributed by atoms with Gasteiger partial charge < -0.3 is 10.3 Å². The van der Waals surface area contributed by atoms with Crippen LogP contribution in [0.15, 0.2) is 72.8 Å². The molecular formula is C25H21N5O3S2. The number of amides is 1. The number of hydrogen-bond donors (Lipinski definition) is 3. The molecule has 0 spiro atoms. The molecule has 0 radical (unpaired) electrons. The standard InChI is InChI=1S/C25H21N5O3S2/c31-23-14-22(35(32,33)30-23)16-11-9-15(10-12-16)13-20(24-26-17-5-1-2-6-18(17)27-24)29-25-28-19-7-3-4-8-21(19)34-25/h1-12,20,22H,13-14H2,(H,26,27)(H,28,29)(H,30,31)/t20-,22?/m0/s1. The van der Waals surface area contributed by atoms with Crippen molar-refractivity contribution in [2.45, 2.75) is 24.1 Å². The maximum atomic E-state index is 12.2. The summed E-state index contributed by atoms with van der Waals surface area (Å²) in [7, 11) is -3.67. The number of para-hydroxylation sites is 3. The second-order valence-electron chi connectivity index (χ2n) is 8.53. The van der Waals surface area contributed by atoms with Crippen LogP contribution in [0.3, 0.4) is 0 Å². The number of aromatic amines is 1. The van der Waals surface area contributed by atoms with E-state index in [1.54, 1.807) is 23.5 Å². The zero-order chi connectivity index (χ0) is 24.0. The molecule has 2 atom stereocenters. The van der Waals surface area contributed by atoms with Gasteiger partial charge in [0.05, 0.1) is 33.7 Å². The van der Waals surface area contributed by atoms with Crippen molar-refractivity contribution in [2.24, 2.45) is 0 Å². The van der Waals surface area contributed by atoms with Crippen molar-refractivity contribution in [1.29, 1.82) is 0 Å². The smallest absolute Gasteiger partial charge is 0.242 e. The van der Waals surface area contributed by atoms with Crippen LogP contribution in [0.4, 0.5) is 5.13 Å². The number of fused-ring (bicyclic) bond motifs is 2. The Morgan fingerprint density at radius 1 is 0.971 bits per heavy atom. The molecular weight excluding hydrogens is 482 g/mol. The number of nitrogens with zero attached hydrogens (tertiary/aromatic N) is 2. The van der Waals surface area contributed by atoms with Gasteiger partial charge in [-0.2, -0.15) is 0 Å². The van der Waals surface area contributed by atoms with Crippen LogP contribution in [-0.2, 0) is 21.2 Å². The molecule has 5 aromatic rings. The van der Waals surface area contributed by atoms with E-state index in [0.717, 1.165) is 37.8 Å². The SMILES string of the molecule is O=C1CC(c2ccc(C[C@H](Nc3nc4ccccc4s3)c3nc4ccccc4[nH]3)cc2)S(=O)(=O)N1. The van der Waals surface area contributed by atoms with Crippen molar-refractivity contribution in [3.8, 4) is 0 Å². The first-order valence-corrected chi connectivity index (χ1v) is 13.5. The van der Waals surface area contributed by atoms with Gasteiger partial charge in [-0.05, 0) is 41.8 Å². The maximum Gasteiger partial charge on any atom is 0.242 e. The predicted octanol–water partition coefficient (Wildman–Crippen LogP) is 4.46. The molecule has 2 aromatic heterocycles. The average molecular weight is 504 g/mol. The second kappa shape index (κ2) is 8.47. The van der Waals surface area contributed by atoms with Crippen LogP contribution in [-0.4, -0.2) is 29.3 Å². The number of anilines is 1. The van der Waals surface area contributed by atoms with Crippen molar-refractivity contribution in [3.05, 3.63) is 89.7 Å². The van der Waals surface area contributed by atoms with Gasteiger partial charge in [0.25, 0.3) is 0 Å². The Bertz CT molecular complexity index is 1590. The molecule has 6 rings (SSSR count). The van der Waals surface area contributed by atoms with Gasteiger partial charge in [-0.15, -0.1) is 0 Å². The maximum absolute atomic E-state index is 12.2. The van der Waals surface area contributed by atoms with E-state index in [2.05, 4.69) is 15.0 Å². The Kier molecular flexibility index (Phi) is 5.27. The summed E-state index contributed by atoms with van der Waals surface area (Å²) in [6, 6.07) is 23.1. The monoisotopic (exact) mass is 503 g/mol. The van der Waals surface area contributed by atoms with Crippen molar-refractivity contribution < 1.29 is 13.2 Å². The van der Waals surface area contributed by atoms with Crippen LogP contribution in [0.1, 0.15) is 34.7 Å². The molecule has 3 N–H and O–H groups in total. The molecule has 1 unspecified atom stereocenters. The number of carbonyl (C=O) groups excluding carboxylic acids is 1. The molecule has 0 bridgehead atoms. The molecule has 3 heterocycles. The van der Waals surface area contributed by atoms with Crippen molar-refractivity contribution in [3.63, 3.8) is 0 Å². The fourth-order valence-electron chi connectivity index (χ4n) is 4.39. The number of thiazole rings is 1. The number of carbonyl (C=O) groups is 1. The summed E-state index contributed by atoms with van der Waals surface area (Å²) in [5.74, 6) is 0.326. The predicted molar refractivity (Wildman–Crippen MR) is 137 cm³/mol. The van der Waals surface area contributed by atoms with E-state index in [1.807, 2.05) is 60.7 Å². The van der Waals surface area contributed by atoms with E-state index in [-0.39, 0.29) is 12.5 Å². The molecule has 0 saturated carbocycles. The third kappa shape index (κ3) is 4.26. The zero-order valence-corrected chi connectivity index (χ0v) is 20.1. The van der Waals surface area contributed by atoms with Crippen molar-refractivity contribution >= 4 is 53.6 Å². The van der Waals surface area contributed by atoms with Crippen LogP contribution < -0.4 is 10.0 Å². The van der Waals surface area contributed by atoms with Crippen LogP contribution in [0.2, 0.25) is 0 Å². The number of benzene rings is 3. The normalized spacial score (nSPS) is 18.1. The quantitative estimate of drug-likeness (QED) is 0.315. The molecule has 10 heteroatoms. The Labute approximate surface area is 205 Å². The Hall–Kier alpha value is -3.76. The minimum absolute atomic E-state index is 0.0531. The fourth-order valence-corrected chi connectivity index (χ4v) is 6.73. The summed E-state index contributed by atoms with van der Waals surface area (Å²) >= 11 is 1.59. The molecule has 176 valence electrons. The number of sulfonamides is 1. The number of aromatic nitrogens is 3. The largest absolute Gasteiger partial charge is 0.351 e. The number of nitrogens with one attached hydrogen (secondary N) is 3. The third-order valence-corrected chi connectivity index (χ3v) is 8.79. The minimum atomic E-state index is -3.67. The molecule has 3 aromatic carbocycles. The summed E-state index contributed by atoms with van der Waals surface area (Å²) in [4.78, 5) is 24.6. The Balaban J connectivity index is 1.31. The number of rotatable bonds is 6. The molecule has 1 aliphatic rings. The van der Waals surface area contributed by atoms with Crippen LogP contribution in [0.5, 0.6) is 0 Å². The highest BCUT2D eigenvalue weighted by Crippen LogP contribution is 2.32. The van der Waals surface area contributed by atoms with Gasteiger partial charge in [0.15, 0.2) is 5.13 Å². The summed E-state index contributed by atoms with van der Waals surface area (Å²) in [5.41, 5.74) is 4.39. The lowest BCUT2D eigenvalue weighted by Crippen LogP contribution is -2.21. The van der Waals surface area contributed by atoms with Crippen molar-refractivity contribution in [1.82, 2.24) is 19.7 Å². The zero-order valence-electron chi connectivity index (χ0n) is 18.4. The molecule has 1 amide bonds. The summed E-state index contributed by atoms with van der Waals surface area (Å²) in [5, 5.41) is 3.50. The van der Waals surface area contributed by atoms with Gasteiger partial charge in [-0.1, -0.05) is 59.9 Å². The van der Waals surface area contributed by atoms with Crippen LogP contribution in [0, 0.1) is 0 Å². The highest BCUT2D eigenvalue weighted by molar-refractivity contribution is 7.90.